The second kappa shape index (κ2) is 7.03. The Bertz CT molecular complexity index is 842. The lowest BCUT2D eigenvalue weighted by Crippen LogP contribution is -2.38. The third-order valence-corrected chi connectivity index (χ3v) is 5.07. The van der Waals surface area contributed by atoms with Gasteiger partial charge >= 0.3 is 0 Å². The van der Waals surface area contributed by atoms with E-state index >= 15 is 0 Å². The van der Waals surface area contributed by atoms with Crippen LogP contribution in [-0.2, 0) is 4.79 Å². The molecule has 2 aromatic heterocycles. The van der Waals surface area contributed by atoms with E-state index in [0.29, 0.717) is 47.7 Å². The first kappa shape index (κ1) is 17.1. The molecule has 0 aromatic carbocycles. The number of anilines is 2. The maximum absolute atomic E-state index is 12.4. The van der Waals surface area contributed by atoms with Crippen LogP contribution in [0.4, 0.5) is 11.0 Å². The van der Waals surface area contributed by atoms with Gasteiger partial charge in [0.1, 0.15) is 6.07 Å². The standard InChI is InChI=1S/C16H17N5O3S/c1-9(22)13-8-18-16(25-13)20-14(23)11-3-5-21(6-4-11)15-12(7-17)19-10(2)24-15/h8,11H,3-6H2,1-2H3,(H,18,20,23). The lowest BCUT2D eigenvalue weighted by molar-refractivity contribution is -0.120. The van der Waals surface area contributed by atoms with E-state index in [1.807, 2.05) is 11.0 Å². The van der Waals surface area contributed by atoms with Gasteiger partial charge in [-0.2, -0.15) is 5.26 Å². The summed E-state index contributed by atoms with van der Waals surface area (Å²) in [7, 11) is 0. The van der Waals surface area contributed by atoms with E-state index in [1.165, 1.54) is 24.5 Å². The smallest absolute Gasteiger partial charge is 0.234 e. The summed E-state index contributed by atoms with van der Waals surface area (Å²) >= 11 is 1.18. The summed E-state index contributed by atoms with van der Waals surface area (Å²) in [4.78, 5) is 34.2. The molecule has 1 aliphatic rings. The highest BCUT2D eigenvalue weighted by Crippen LogP contribution is 2.28. The van der Waals surface area contributed by atoms with E-state index in [1.54, 1.807) is 6.92 Å². The zero-order valence-corrected chi connectivity index (χ0v) is 14.7. The molecule has 0 atom stereocenters. The number of carbonyl (C=O) groups excluding carboxylic acids is 2. The molecule has 0 bridgehead atoms. The van der Waals surface area contributed by atoms with Crippen molar-refractivity contribution >= 4 is 34.0 Å². The number of nitrogens with zero attached hydrogens (tertiary/aromatic N) is 4. The summed E-state index contributed by atoms with van der Waals surface area (Å²) < 4.78 is 5.51. The highest BCUT2D eigenvalue weighted by Gasteiger charge is 2.28. The topological polar surface area (TPSA) is 112 Å². The Kier molecular flexibility index (Phi) is 4.81. The van der Waals surface area contributed by atoms with Crippen LogP contribution in [-0.4, -0.2) is 34.7 Å². The fourth-order valence-electron chi connectivity index (χ4n) is 2.75. The molecule has 0 radical (unpaired) electrons. The molecule has 1 saturated heterocycles. The van der Waals surface area contributed by atoms with Gasteiger partial charge in [0.2, 0.25) is 17.5 Å². The van der Waals surface area contributed by atoms with E-state index < -0.39 is 0 Å². The second-order valence-corrected chi connectivity index (χ2v) is 6.87. The lowest BCUT2D eigenvalue weighted by atomic mass is 9.96. The maximum Gasteiger partial charge on any atom is 0.234 e. The lowest BCUT2D eigenvalue weighted by Gasteiger charge is -2.30. The maximum atomic E-state index is 12.4. The van der Waals surface area contributed by atoms with E-state index in [-0.39, 0.29) is 23.3 Å². The number of nitrogens with one attached hydrogen (secondary N) is 1. The molecular formula is C16H17N5O3S. The Labute approximate surface area is 148 Å². The average Bonchev–Trinajstić information content (AvgIpc) is 3.21. The van der Waals surface area contributed by atoms with Crippen LogP contribution in [0.25, 0.3) is 0 Å². The summed E-state index contributed by atoms with van der Waals surface area (Å²) in [5, 5.41) is 12.3. The number of piperidine rings is 1. The van der Waals surface area contributed by atoms with Gasteiger partial charge in [0, 0.05) is 32.9 Å². The summed E-state index contributed by atoms with van der Waals surface area (Å²) in [6.07, 6.45) is 2.75. The molecule has 3 rings (SSSR count). The van der Waals surface area contributed by atoms with Crippen molar-refractivity contribution < 1.29 is 14.0 Å². The van der Waals surface area contributed by atoms with Crippen LogP contribution in [0.3, 0.4) is 0 Å². The molecule has 8 nitrogen and oxygen atoms in total. The molecule has 0 aliphatic carbocycles. The molecule has 130 valence electrons. The van der Waals surface area contributed by atoms with Gasteiger partial charge in [-0.15, -0.1) is 0 Å². The van der Waals surface area contributed by atoms with Crippen LogP contribution in [0.1, 0.15) is 41.0 Å². The minimum atomic E-state index is -0.143. The molecular weight excluding hydrogens is 342 g/mol. The monoisotopic (exact) mass is 359 g/mol. The van der Waals surface area contributed by atoms with Crippen molar-refractivity contribution in [2.75, 3.05) is 23.3 Å². The Balaban J connectivity index is 1.59. The predicted octanol–water partition coefficient (Wildman–Crippen LogP) is 2.37. The molecule has 1 N–H and O–H groups in total. The third-order valence-electron chi connectivity index (χ3n) is 4.06. The van der Waals surface area contributed by atoms with Gasteiger partial charge in [-0.05, 0) is 12.8 Å². The summed E-state index contributed by atoms with van der Waals surface area (Å²) in [6.45, 7) is 4.39. The highest BCUT2D eigenvalue weighted by atomic mass is 32.1. The molecule has 25 heavy (non-hydrogen) atoms. The van der Waals surface area contributed by atoms with Crippen molar-refractivity contribution in [2.24, 2.45) is 5.92 Å². The number of oxazole rings is 1. The van der Waals surface area contributed by atoms with Gasteiger partial charge in [-0.3, -0.25) is 9.59 Å². The number of nitriles is 1. The summed E-state index contributed by atoms with van der Waals surface area (Å²) in [6, 6.07) is 2.03. The number of aryl methyl sites for hydroxylation is 1. The number of amides is 1. The molecule has 1 amide bonds. The number of thiazole rings is 1. The quantitative estimate of drug-likeness (QED) is 0.834. The number of aromatic nitrogens is 2. The van der Waals surface area contributed by atoms with Gasteiger partial charge in [0.25, 0.3) is 0 Å². The first-order valence-electron chi connectivity index (χ1n) is 7.88. The Hall–Kier alpha value is -2.73. The van der Waals surface area contributed by atoms with Crippen molar-refractivity contribution in [1.82, 2.24) is 9.97 Å². The van der Waals surface area contributed by atoms with E-state index in [9.17, 15) is 9.59 Å². The van der Waals surface area contributed by atoms with Crippen LogP contribution >= 0.6 is 11.3 Å². The van der Waals surface area contributed by atoms with Crippen molar-refractivity contribution in [1.29, 1.82) is 5.26 Å². The van der Waals surface area contributed by atoms with Crippen LogP contribution in [0.5, 0.6) is 0 Å². The van der Waals surface area contributed by atoms with Crippen LogP contribution in [0, 0.1) is 24.2 Å². The van der Waals surface area contributed by atoms with Crippen LogP contribution in [0.2, 0.25) is 0 Å². The molecule has 1 fully saturated rings. The van der Waals surface area contributed by atoms with Crippen molar-refractivity contribution in [3.8, 4) is 6.07 Å². The van der Waals surface area contributed by atoms with E-state index in [4.69, 9.17) is 9.68 Å². The molecule has 9 heteroatoms. The van der Waals surface area contributed by atoms with Crippen LogP contribution < -0.4 is 10.2 Å². The Morgan fingerprint density at radius 2 is 2.16 bits per heavy atom. The van der Waals surface area contributed by atoms with Gasteiger partial charge in [-0.1, -0.05) is 11.3 Å². The van der Waals surface area contributed by atoms with Crippen LogP contribution in [0.15, 0.2) is 10.6 Å². The zero-order valence-electron chi connectivity index (χ0n) is 13.9. The fourth-order valence-corrected chi connectivity index (χ4v) is 3.46. The molecule has 2 aromatic rings. The Morgan fingerprint density at radius 3 is 2.76 bits per heavy atom. The van der Waals surface area contributed by atoms with E-state index in [0.717, 1.165) is 0 Å². The molecule has 0 unspecified atom stereocenters. The second-order valence-electron chi connectivity index (χ2n) is 5.83. The minimum Gasteiger partial charge on any atom is -0.424 e. The molecule has 0 spiro atoms. The van der Waals surface area contributed by atoms with Gasteiger partial charge in [0.15, 0.2) is 16.8 Å². The SMILES string of the molecule is CC(=O)c1cnc(NC(=O)C2CCN(c3oc(C)nc3C#N)CC2)s1. The van der Waals surface area contributed by atoms with Gasteiger partial charge in [0.05, 0.1) is 11.1 Å². The summed E-state index contributed by atoms with van der Waals surface area (Å²) in [5.41, 5.74) is 0.278. The molecule has 0 saturated carbocycles. The minimum absolute atomic E-state index is 0.0676. The number of Topliss-reactive ketones (excluding diaryl/α,β-unsaturated/α-hetero) is 1. The number of hydrogen-bond donors (Lipinski definition) is 1. The van der Waals surface area contributed by atoms with Crippen molar-refractivity contribution in [2.45, 2.75) is 26.7 Å². The highest BCUT2D eigenvalue weighted by molar-refractivity contribution is 7.17. The number of ketones is 1. The van der Waals surface area contributed by atoms with Crippen molar-refractivity contribution in [3.05, 3.63) is 22.7 Å². The first-order valence-corrected chi connectivity index (χ1v) is 8.69. The summed E-state index contributed by atoms with van der Waals surface area (Å²) in [5.74, 6) is 0.622. The number of carbonyl (C=O) groups is 2. The van der Waals surface area contributed by atoms with Gasteiger partial charge in [-0.25, -0.2) is 9.97 Å². The van der Waals surface area contributed by atoms with E-state index in [2.05, 4.69) is 15.3 Å². The third kappa shape index (κ3) is 3.69. The average molecular weight is 359 g/mol. The molecule has 3 heterocycles. The van der Waals surface area contributed by atoms with Crippen molar-refractivity contribution in [3.63, 3.8) is 0 Å². The largest absolute Gasteiger partial charge is 0.424 e. The number of hydrogen-bond acceptors (Lipinski definition) is 8. The first-order chi connectivity index (χ1) is 12.0. The molecule has 1 aliphatic heterocycles. The Morgan fingerprint density at radius 1 is 1.44 bits per heavy atom. The zero-order chi connectivity index (χ0) is 18.0. The fraction of sp³-hybridized carbons (Fsp3) is 0.438. The normalized spacial score (nSPS) is 15.0. The predicted molar refractivity (Wildman–Crippen MR) is 91.6 cm³/mol. The number of rotatable bonds is 4. The van der Waals surface area contributed by atoms with Gasteiger partial charge < -0.3 is 14.6 Å².